The molecule has 2 fully saturated rings. The zero-order valence-corrected chi connectivity index (χ0v) is 17.5. The van der Waals surface area contributed by atoms with Crippen molar-refractivity contribution in [2.75, 3.05) is 18.6 Å². The molecule has 0 unspecified atom stereocenters. The van der Waals surface area contributed by atoms with Crippen LogP contribution in [0.4, 0.5) is 0 Å². The normalized spacial score (nSPS) is 22.1. The van der Waals surface area contributed by atoms with Gasteiger partial charge in [-0.25, -0.2) is 8.42 Å². The van der Waals surface area contributed by atoms with Gasteiger partial charge in [0.05, 0.1) is 16.8 Å². The van der Waals surface area contributed by atoms with Gasteiger partial charge in [0, 0.05) is 37.1 Å². The number of carbonyl (C=O) groups excluding carboxylic acids is 1. The monoisotopic (exact) mass is 421 g/mol. The van der Waals surface area contributed by atoms with E-state index in [-0.39, 0.29) is 28.7 Å². The molecule has 28 heavy (non-hydrogen) atoms. The van der Waals surface area contributed by atoms with Crippen LogP contribution in [0.1, 0.15) is 32.2 Å². The maximum Gasteiger partial charge on any atom is 0.235 e. The minimum atomic E-state index is -3.03. The third-order valence-electron chi connectivity index (χ3n) is 5.23. The summed E-state index contributed by atoms with van der Waals surface area (Å²) >= 11 is 1.38. The highest BCUT2D eigenvalue weighted by Crippen LogP contribution is 2.41. The Labute approximate surface area is 168 Å². The van der Waals surface area contributed by atoms with Gasteiger partial charge < -0.3 is 4.90 Å². The topological polar surface area (TPSA) is 98.1 Å². The predicted octanol–water partition coefficient (Wildman–Crippen LogP) is 1.80. The van der Waals surface area contributed by atoms with E-state index in [1.165, 1.54) is 11.8 Å². The fraction of sp³-hybridized carbons (Fsp3) is 0.556. The molecule has 0 spiro atoms. The third kappa shape index (κ3) is 3.93. The number of pyridine rings is 1. The lowest BCUT2D eigenvalue weighted by molar-refractivity contribution is -0.130. The van der Waals surface area contributed by atoms with E-state index >= 15 is 0 Å². The van der Waals surface area contributed by atoms with Crippen LogP contribution in [-0.4, -0.2) is 68.8 Å². The molecule has 2 aromatic heterocycles. The van der Waals surface area contributed by atoms with E-state index in [1.54, 1.807) is 24.3 Å². The summed E-state index contributed by atoms with van der Waals surface area (Å²) in [5, 5.41) is 9.03. The molecule has 3 heterocycles. The molecule has 1 aliphatic heterocycles. The molecule has 0 aromatic carbocycles. The molecule has 0 radical (unpaired) electrons. The highest BCUT2D eigenvalue weighted by molar-refractivity contribution is 8.00. The quantitative estimate of drug-likeness (QED) is 0.656. The molecule has 10 heteroatoms. The summed E-state index contributed by atoms with van der Waals surface area (Å²) in [5.41, 5.74) is 0.904. The molecule has 150 valence electrons. The Kier molecular flexibility index (Phi) is 5.17. The first-order chi connectivity index (χ1) is 13.4. The molecule has 1 saturated carbocycles. The van der Waals surface area contributed by atoms with Crippen molar-refractivity contribution in [3.8, 4) is 11.4 Å². The summed E-state index contributed by atoms with van der Waals surface area (Å²) in [5.74, 6) is 0.894. The Morgan fingerprint density at radius 3 is 2.71 bits per heavy atom. The molecular formula is C18H23N5O3S2. The zero-order valence-electron chi connectivity index (χ0n) is 15.9. The number of thioether (sulfide) groups is 1. The fourth-order valence-electron chi connectivity index (χ4n) is 3.47. The van der Waals surface area contributed by atoms with Gasteiger partial charge in [0.15, 0.2) is 20.8 Å². The standard InChI is InChI=1S/C18H23N5O3S2/c1-12(17(24)22(2)15-7-9-28(25,26)11-15)27-18-21-20-16(23(18)14-5-6-14)13-4-3-8-19-10-13/h3-4,8,10,12,14-15H,5-7,9,11H2,1-2H3/t12-,15+/m1/s1. The van der Waals surface area contributed by atoms with Gasteiger partial charge in [0.2, 0.25) is 5.91 Å². The van der Waals surface area contributed by atoms with E-state index in [2.05, 4.69) is 19.7 Å². The van der Waals surface area contributed by atoms with Crippen molar-refractivity contribution in [2.45, 2.75) is 48.7 Å². The van der Waals surface area contributed by atoms with Crippen LogP contribution in [-0.2, 0) is 14.6 Å². The number of nitrogens with zero attached hydrogens (tertiary/aromatic N) is 5. The number of hydrogen-bond acceptors (Lipinski definition) is 7. The van der Waals surface area contributed by atoms with Gasteiger partial charge in [-0.15, -0.1) is 10.2 Å². The van der Waals surface area contributed by atoms with Gasteiger partial charge in [-0.2, -0.15) is 0 Å². The van der Waals surface area contributed by atoms with Crippen LogP contribution in [0.15, 0.2) is 29.7 Å². The van der Waals surface area contributed by atoms with Gasteiger partial charge in [0.1, 0.15) is 0 Å². The van der Waals surface area contributed by atoms with Gasteiger partial charge in [0.25, 0.3) is 0 Å². The summed E-state index contributed by atoms with van der Waals surface area (Å²) in [4.78, 5) is 18.6. The van der Waals surface area contributed by atoms with Gasteiger partial charge >= 0.3 is 0 Å². The first-order valence-corrected chi connectivity index (χ1v) is 12.0. The first kappa shape index (κ1) is 19.4. The number of aromatic nitrogens is 4. The van der Waals surface area contributed by atoms with E-state index < -0.39 is 9.84 Å². The van der Waals surface area contributed by atoms with Crippen LogP contribution in [0.25, 0.3) is 11.4 Å². The summed E-state index contributed by atoms with van der Waals surface area (Å²) < 4.78 is 25.5. The van der Waals surface area contributed by atoms with Gasteiger partial charge in [-0.1, -0.05) is 11.8 Å². The number of carbonyl (C=O) groups is 1. The Bertz CT molecular complexity index is 972. The Balaban J connectivity index is 1.51. The van der Waals surface area contributed by atoms with Crippen molar-refractivity contribution in [3.63, 3.8) is 0 Å². The number of sulfone groups is 1. The highest BCUT2D eigenvalue weighted by Gasteiger charge is 2.36. The van der Waals surface area contributed by atoms with Crippen molar-refractivity contribution >= 4 is 27.5 Å². The Morgan fingerprint density at radius 1 is 1.32 bits per heavy atom. The van der Waals surface area contributed by atoms with E-state index in [9.17, 15) is 13.2 Å². The summed E-state index contributed by atoms with van der Waals surface area (Å²) in [6, 6.07) is 3.93. The molecule has 0 bridgehead atoms. The highest BCUT2D eigenvalue weighted by atomic mass is 32.2. The second-order valence-corrected chi connectivity index (χ2v) is 11.0. The van der Waals surface area contributed by atoms with Crippen molar-refractivity contribution in [1.29, 1.82) is 0 Å². The minimum absolute atomic E-state index is 0.0516. The van der Waals surface area contributed by atoms with Crippen molar-refractivity contribution in [2.24, 2.45) is 0 Å². The molecule has 2 aromatic rings. The van der Waals surface area contributed by atoms with Crippen molar-refractivity contribution in [1.82, 2.24) is 24.6 Å². The molecular weight excluding hydrogens is 398 g/mol. The lowest BCUT2D eigenvalue weighted by atomic mass is 10.2. The van der Waals surface area contributed by atoms with Crippen LogP contribution >= 0.6 is 11.8 Å². The maximum atomic E-state index is 12.9. The van der Waals surface area contributed by atoms with E-state index in [1.807, 2.05) is 19.1 Å². The summed E-state index contributed by atoms with van der Waals surface area (Å²) in [6.07, 6.45) is 6.13. The smallest absolute Gasteiger partial charge is 0.235 e. The third-order valence-corrected chi connectivity index (χ3v) is 8.02. The van der Waals surface area contributed by atoms with Crippen molar-refractivity contribution < 1.29 is 13.2 Å². The lowest BCUT2D eigenvalue weighted by Crippen LogP contribution is -2.41. The summed E-state index contributed by atoms with van der Waals surface area (Å²) in [7, 11) is -1.34. The second kappa shape index (κ2) is 7.47. The molecule has 4 rings (SSSR count). The minimum Gasteiger partial charge on any atom is -0.341 e. The average molecular weight is 422 g/mol. The first-order valence-electron chi connectivity index (χ1n) is 9.35. The Morgan fingerprint density at radius 2 is 2.11 bits per heavy atom. The average Bonchev–Trinajstić information content (AvgIpc) is 3.34. The second-order valence-electron chi connectivity index (χ2n) is 7.42. The SMILES string of the molecule is C[C@@H](Sc1nnc(-c2cccnc2)n1C1CC1)C(=O)N(C)[C@H]1CCS(=O)(=O)C1. The lowest BCUT2D eigenvalue weighted by Gasteiger charge is -2.26. The number of hydrogen-bond donors (Lipinski definition) is 0. The van der Waals surface area contributed by atoms with Crippen LogP contribution in [0, 0.1) is 0 Å². The predicted molar refractivity (Wildman–Crippen MR) is 107 cm³/mol. The molecule has 1 amide bonds. The van der Waals surface area contributed by atoms with E-state index in [4.69, 9.17) is 0 Å². The van der Waals surface area contributed by atoms with Gasteiger partial charge in [-0.05, 0) is 38.3 Å². The van der Waals surface area contributed by atoms with Crippen LogP contribution < -0.4 is 0 Å². The Hall–Kier alpha value is -1.94. The summed E-state index contributed by atoms with van der Waals surface area (Å²) in [6.45, 7) is 1.84. The molecule has 1 saturated heterocycles. The number of amides is 1. The maximum absolute atomic E-state index is 12.9. The molecule has 2 aliphatic rings. The zero-order chi connectivity index (χ0) is 19.9. The molecule has 8 nitrogen and oxygen atoms in total. The van der Waals surface area contributed by atoms with Crippen LogP contribution in [0.5, 0.6) is 0 Å². The fourth-order valence-corrected chi connectivity index (χ4v) is 6.26. The molecule has 2 atom stereocenters. The van der Waals surface area contributed by atoms with E-state index in [0.717, 1.165) is 29.4 Å². The number of rotatable bonds is 6. The van der Waals surface area contributed by atoms with Gasteiger partial charge in [-0.3, -0.25) is 14.3 Å². The van der Waals surface area contributed by atoms with Crippen LogP contribution in [0.2, 0.25) is 0 Å². The molecule has 1 aliphatic carbocycles. The van der Waals surface area contributed by atoms with Crippen molar-refractivity contribution in [3.05, 3.63) is 24.5 Å². The molecule has 0 N–H and O–H groups in total. The largest absolute Gasteiger partial charge is 0.341 e. The van der Waals surface area contributed by atoms with Crippen LogP contribution in [0.3, 0.4) is 0 Å². The van der Waals surface area contributed by atoms with E-state index in [0.29, 0.717) is 12.5 Å².